The minimum absolute atomic E-state index is 0.0618. The van der Waals surface area contributed by atoms with Gasteiger partial charge in [-0.3, -0.25) is 4.79 Å². The van der Waals surface area contributed by atoms with Crippen LogP contribution in [0.3, 0.4) is 0 Å². The highest BCUT2D eigenvalue weighted by molar-refractivity contribution is 5.75. The van der Waals surface area contributed by atoms with E-state index < -0.39 is 0 Å². The van der Waals surface area contributed by atoms with Gasteiger partial charge in [0.25, 0.3) is 0 Å². The number of nitrogens with one attached hydrogen (secondary N) is 1. The lowest BCUT2D eigenvalue weighted by Gasteiger charge is -2.15. The molecule has 0 aliphatic carbocycles. The summed E-state index contributed by atoms with van der Waals surface area (Å²) >= 11 is 0. The van der Waals surface area contributed by atoms with Gasteiger partial charge < -0.3 is 14.8 Å². The van der Waals surface area contributed by atoms with Crippen LogP contribution < -0.4 is 14.8 Å². The molecule has 0 saturated heterocycles. The number of carbonyl (C=O) groups is 1. The predicted octanol–water partition coefficient (Wildman–Crippen LogP) is 2.90. The number of hydrogen-bond acceptors (Lipinski definition) is 3. The fraction of sp³-hybridized carbons (Fsp3) is 0.533. The van der Waals surface area contributed by atoms with E-state index >= 15 is 0 Å². The summed E-state index contributed by atoms with van der Waals surface area (Å²) in [6.07, 6.45) is 2.33. The summed E-state index contributed by atoms with van der Waals surface area (Å²) in [4.78, 5) is 11.5. The van der Waals surface area contributed by atoms with Crippen LogP contribution in [0.25, 0.3) is 0 Å². The molecular formula is C15H23NO3. The minimum Gasteiger partial charge on any atom is -0.493 e. The second-order valence-electron chi connectivity index (χ2n) is 4.32. The predicted molar refractivity (Wildman–Crippen MR) is 75.5 cm³/mol. The molecule has 4 heteroatoms. The third kappa shape index (κ3) is 4.81. The fourth-order valence-electron chi connectivity index (χ4n) is 1.74. The number of rotatable bonds is 8. The van der Waals surface area contributed by atoms with E-state index in [2.05, 4.69) is 12.2 Å². The monoisotopic (exact) mass is 265 g/mol. The zero-order valence-corrected chi connectivity index (χ0v) is 12.0. The molecule has 0 spiro atoms. The first-order valence-electron chi connectivity index (χ1n) is 6.78. The smallest absolute Gasteiger partial charge is 0.220 e. The van der Waals surface area contributed by atoms with Gasteiger partial charge in [-0.2, -0.15) is 0 Å². The van der Waals surface area contributed by atoms with Crippen LogP contribution in [0.5, 0.6) is 11.5 Å². The Bertz CT molecular complexity index is 404. The standard InChI is InChI=1S/C15H23NO3/c1-4-7-14(17)16-11-12-8-6-9-13(18-3)15(12)19-10-5-2/h6,8-9H,4-5,7,10-11H2,1-3H3,(H,16,17). The van der Waals surface area contributed by atoms with Gasteiger partial charge >= 0.3 is 0 Å². The Balaban J connectivity index is 2.77. The van der Waals surface area contributed by atoms with Crippen molar-refractivity contribution in [2.45, 2.75) is 39.7 Å². The maximum absolute atomic E-state index is 11.5. The van der Waals surface area contributed by atoms with E-state index in [1.807, 2.05) is 25.1 Å². The molecule has 0 unspecified atom stereocenters. The average molecular weight is 265 g/mol. The first kappa shape index (κ1) is 15.3. The van der Waals surface area contributed by atoms with Gasteiger partial charge in [0.05, 0.1) is 13.7 Å². The molecule has 0 aliphatic rings. The molecule has 1 N–H and O–H groups in total. The van der Waals surface area contributed by atoms with Gasteiger partial charge in [0.1, 0.15) is 0 Å². The van der Waals surface area contributed by atoms with E-state index in [0.29, 0.717) is 25.3 Å². The second kappa shape index (κ2) is 8.40. The number of carbonyl (C=O) groups excluding carboxylic acids is 1. The zero-order valence-electron chi connectivity index (χ0n) is 12.0. The van der Waals surface area contributed by atoms with Crippen molar-refractivity contribution in [3.63, 3.8) is 0 Å². The van der Waals surface area contributed by atoms with Gasteiger partial charge in [-0.1, -0.05) is 26.0 Å². The SMILES string of the molecule is CCCOc1c(CNC(=O)CCC)cccc1OC. The second-order valence-corrected chi connectivity index (χ2v) is 4.32. The lowest BCUT2D eigenvalue weighted by atomic mass is 10.1. The van der Waals surface area contributed by atoms with Crippen molar-refractivity contribution in [3.05, 3.63) is 23.8 Å². The number of methoxy groups -OCH3 is 1. The normalized spacial score (nSPS) is 10.1. The van der Waals surface area contributed by atoms with Crippen LogP contribution in [0.4, 0.5) is 0 Å². The molecule has 0 saturated carbocycles. The van der Waals surface area contributed by atoms with E-state index in [1.54, 1.807) is 7.11 Å². The largest absolute Gasteiger partial charge is 0.493 e. The molecule has 0 atom stereocenters. The highest BCUT2D eigenvalue weighted by Crippen LogP contribution is 2.31. The Hall–Kier alpha value is -1.71. The Morgan fingerprint density at radius 2 is 2.05 bits per heavy atom. The summed E-state index contributed by atoms with van der Waals surface area (Å²) in [5.74, 6) is 1.49. The van der Waals surface area contributed by atoms with Gasteiger partial charge in [0.15, 0.2) is 11.5 Å². The van der Waals surface area contributed by atoms with Gasteiger partial charge in [-0.25, -0.2) is 0 Å². The third-order valence-electron chi connectivity index (χ3n) is 2.68. The van der Waals surface area contributed by atoms with Crippen molar-refractivity contribution in [3.8, 4) is 11.5 Å². The van der Waals surface area contributed by atoms with E-state index in [0.717, 1.165) is 24.2 Å². The topological polar surface area (TPSA) is 47.6 Å². The van der Waals surface area contributed by atoms with Crippen LogP contribution in [0, 0.1) is 0 Å². The molecule has 0 fully saturated rings. The number of ether oxygens (including phenoxy) is 2. The highest BCUT2D eigenvalue weighted by atomic mass is 16.5. The van der Waals surface area contributed by atoms with Crippen LogP contribution in [0.1, 0.15) is 38.7 Å². The van der Waals surface area contributed by atoms with Gasteiger partial charge in [-0.15, -0.1) is 0 Å². The number of amides is 1. The first-order chi connectivity index (χ1) is 9.22. The number of para-hydroxylation sites is 1. The zero-order chi connectivity index (χ0) is 14.1. The average Bonchev–Trinajstić information content (AvgIpc) is 2.43. The van der Waals surface area contributed by atoms with Crippen LogP contribution in [-0.4, -0.2) is 19.6 Å². The van der Waals surface area contributed by atoms with Crippen molar-refractivity contribution < 1.29 is 14.3 Å². The van der Waals surface area contributed by atoms with E-state index in [9.17, 15) is 4.79 Å². The lowest BCUT2D eigenvalue weighted by Crippen LogP contribution is -2.22. The third-order valence-corrected chi connectivity index (χ3v) is 2.68. The molecule has 0 radical (unpaired) electrons. The molecule has 0 heterocycles. The number of benzene rings is 1. The highest BCUT2D eigenvalue weighted by Gasteiger charge is 2.11. The van der Waals surface area contributed by atoms with Crippen LogP contribution in [0.2, 0.25) is 0 Å². The molecule has 0 aliphatic heterocycles. The van der Waals surface area contributed by atoms with E-state index in [-0.39, 0.29) is 5.91 Å². The van der Waals surface area contributed by atoms with Crippen LogP contribution >= 0.6 is 0 Å². The molecule has 1 rings (SSSR count). The van der Waals surface area contributed by atoms with Crippen molar-refractivity contribution in [2.75, 3.05) is 13.7 Å². The molecule has 19 heavy (non-hydrogen) atoms. The van der Waals surface area contributed by atoms with Gasteiger partial charge in [0, 0.05) is 18.5 Å². The Labute approximate surface area is 115 Å². The lowest BCUT2D eigenvalue weighted by molar-refractivity contribution is -0.121. The molecule has 4 nitrogen and oxygen atoms in total. The molecule has 1 aromatic carbocycles. The Kier molecular flexibility index (Phi) is 6.79. The molecular weight excluding hydrogens is 242 g/mol. The molecule has 1 amide bonds. The molecule has 0 aromatic heterocycles. The fourth-order valence-corrected chi connectivity index (χ4v) is 1.74. The van der Waals surface area contributed by atoms with E-state index in [1.165, 1.54) is 0 Å². The van der Waals surface area contributed by atoms with Crippen molar-refractivity contribution in [1.29, 1.82) is 0 Å². The summed E-state index contributed by atoms with van der Waals surface area (Å²) in [5.41, 5.74) is 0.942. The first-order valence-corrected chi connectivity index (χ1v) is 6.78. The quantitative estimate of drug-likeness (QED) is 0.786. The van der Waals surface area contributed by atoms with Crippen LogP contribution in [-0.2, 0) is 11.3 Å². The number of hydrogen-bond donors (Lipinski definition) is 1. The maximum Gasteiger partial charge on any atom is 0.220 e. The Morgan fingerprint density at radius 3 is 2.68 bits per heavy atom. The minimum atomic E-state index is 0.0618. The summed E-state index contributed by atoms with van der Waals surface area (Å²) in [7, 11) is 1.62. The van der Waals surface area contributed by atoms with Gasteiger partial charge in [0.2, 0.25) is 5.91 Å². The summed E-state index contributed by atoms with van der Waals surface area (Å²) in [6, 6.07) is 5.71. The Morgan fingerprint density at radius 1 is 1.26 bits per heavy atom. The summed E-state index contributed by atoms with van der Waals surface area (Å²) < 4.78 is 11.0. The molecule has 0 bridgehead atoms. The van der Waals surface area contributed by atoms with Crippen molar-refractivity contribution in [1.82, 2.24) is 5.32 Å². The maximum atomic E-state index is 11.5. The van der Waals surface area contributed by atoms with Crippen molar-refractivity contribution in [2.24, 2.45) is 0 Å². The molecule has 1 aromatic rings. The summed E-state index contributed by atoms with van der Waals surface area (Å²) in [6.45, 7) is 5.14. The summed E-state index contributed by atoms with van der Waals surface area (Å²) in [5, 5.41) is 2.89. The van der Waals surface area contributed by atoms with Crippen LogP contribution in [0.15, 0.2) is 18.2 Å². The van der Waals surface area contributed by atoms with E-state index in [4.69, 9.17) is 9.47 Å². The molecule has 106 valence electrons. The van der Waals surface area contributed by atoms with Crippen molar-refractivity contribution >= 4 is 5.91 Å². The van der Waals surface area contributed by atoms with Gasteiger partial charge in [-0.05, 0) is 18.9 Å².